The van der Waals surface area contributed by atoms with Crippen LogP contribution in [0.4, 0.5) is 11.4 Å². The van der Waals surface area contributed by atoms with Crippen LogP contribution >= 0.6 is 11.8 Å². The van der Waals surface area contributed by atoms with Gasteiger partial charge in [0.1, 0.15) is 0 Å². The molecule has 0 amide bonds. The lowest BCUT2D eigenvalue weighted by Crippen LogP contribution is -2.15. The molecule has 0 spiro atoms. The summed E-state index contributed by atoms with van der Waals surface area (Å²) in [5.41, 5.74) is 3.35. The number of para-hydroxylation sites is 2. The van der Waals surface area contributed by atoms with E-state index in [1.807, 2.05) is 48.3 Å². The molecule has 24 heavy (non-hydrogen) atoms. The molecule has 2 nitrogen and oxygen atoms in total. The summed E-state index contributed by atoms with van der Waals surface area (Å²) in [6.07, 6.45) is 5.55. The van der Waals surface area contributed by atoms with E-state index in [9.17, 15) is 0 Å². The van der Waals surface area contributed by atoms with Gasteiger partial charge >= 0.3 is 0 Å². The average molecular weight is 341 g/mol. The first-order valence-corrected chi connectivity index (χ1v) is 9.84. The maximum atomic E-state index is 4.63. The second kappa shape index (κ2) is 10.2. The topological polar surface area (TPSA) is 24.4 Å². The second-order valence-electron chi connectivity index (χ2n) is 5.97. The maximum absolute atomic E-state index is 4.63. The van der Waals surface area contributed by atoms with Crippen LogP contribution in [0.15, 0.2) is 58.4 Å². The maximum Gasteiger partial charge on any atom is 0.0629 e. The third-order valence-electron chi connectivity index (χ3n) is 3.93. The van der Waals surface area contributed by atoms with Crippen molar-refractivity contribution in [3.8, 4) is 0 Å². The number of rotatable bonds is 9. The number of anilines is 1. The van der Waals surface area contributed by atoms with E-state index < -0.39 is 0 Å². The highest BCUT2D eigenvalue weighted by atomic mass is 32.2. The molecule has 0 aromatic heterocycles. The summed E-state index contributed by atoms with van der Waals surface area (Å²) in [7, 11) is 0. The standard InChI is InChI=1S/C21H28N2S/c1-4-6-15-24-20-14-10-11-18(21(20)23-17(3)5-2)16-22-19-12-8-7-9-13-19/h7-14,16-17,23H,4-6,15H2,1-3H3. The molecular formula is C21H28N2S. The van der Waals surface area contributed by atoms with Crippen molar-refractivity contribution in [2.24, 2.45) is 4.99 Å². The molecular weight excluding hydrogens is 312 g/mol. The summed E-state index contributed by atoms with van der Waals surface area (Å²) in [5, 5.41) is 3.68. The quantitative estimate of drug-likeness (QED) is 0.318. The minimum Gasteiger partial charge on any atom is -0.381 e. The fourth-order valence-electron chi connectivity index (χ4n) is 2.26. The van der Waals surface area contributed by atoms with E-state index in [2.05, 4.69) is 49.3 Å². The number of thioether (sulfide) groups is 1. The minimum atomic E-state index is 0.446. The minimum absolute atomic E-state index is 0.446. The van der Waals surface area contributed by atoms with Crippen LogP contribution in [-0.2, 0) is 0 Å². The molecule has 2 aromatic rings. The molecule has 0 fully saturated rings. The van der Waals surface area contributed by atoms with Gasteiger partial charge in [-0.1, -0.05) is 50.6 Å². The van der Waals surface area contributed by atoms with Gasteiger partial charge in [-0.15, -0.1) is 11.8 Å². The molecule has 0 saturated carbocycles. The van der Waals surface area contributed by atoms with E-state index in [0.29, 0.717) is 6.04 Å². The molecule has 0 aliphatic carbocycles. The lowest BCUT2D eigenvalue weighted by atomic mass is 10.1. The Kier molecular flexibility index (Phi) is 7.90. The van der Waals surface area contributed by atoms with Gasteiger partial charge in [0, 0.05) is 22.7 Å². The lowest BCUT2D eigenvalue weighted by molar-refractivity contribution is 0.761. The highest BCUT2D eigenvalue weighted by molar-refractivity contribution is 7.99. The third kappa shape index (κ3) is 5.72. The molecule has 2 aromatic carbocycles. The van der Waals surface area contributed by atoms with E-state index in [0.717, 1.165) is 23.4 Å². The van der Waals surface area contributed by atoms with E-state index in [1.165, 1.54) is 23.4 Å². The Balaban J connectivity index is 2.27. The second-order valence-corrected chi connectivity index (χ2v) is 7.11. The zero-order valence-electron chi connectivity index (χ0n) is 15.0. The Morgan fingerprint density at radius 2 is 1.88 bits per heavy atom. The highest BCUT2D eigenvalue weighted by Gasteiger charge is 2.10. The number of hydrogen-bond acceptors (Lipinski definition) is 3. The van der Waals surface area contributed by atoms with Gasteiger partial charge in [-0.25, -0.2) is 0 Å². The number of aliphatic imine (C=N–C) groups is 1. The highest BCUT2D eigenvalue weighted by Crippen LogP contribution is 2.31. The summed E-state index contributed by atoms with van der Waals surface area (Å²) in [6, 6.07) is 17.0. The van der Waals surface area contributed by atoms with Gasteiger partial charge in [-0.05, 0) is 43.7 Å². The van der Waals surface area contributed by atoms with Crippen molar-refractivity contribution >= 4 is 29.4 Å². The van der Waals surface area contributed by atoms with Crippen LogP contribution < -0.4 is 5.32 Å². The largest absolute Gasteiger partial charge is 0.381 e. The van der Waals surface area contributed by atoms with Gasteiger partial charge in [0.05, 0.1) is 11.4 Å². The Labute approximate surface area is 150 Å². The molecule has 0 bridgehead atoms. The van der Waals surface area contributed by atoms with Crippen molar-refractivity contribution in [1.82, 2.24) is 0 Å². The normalized spacial score (nSPS) is 12.5. The van der Waals surface area contributed by atoms with Crippen LogP contribution in [0.3, 0.4) is 0 Å². The molecule has 1 N–H and O–H groups in total. The van der Waals surface area contributed by atoms with E-state index >= 15 is 0 Å². The Bertz CT molecular complexity index is 638. The van der Waals surface area contributed by atoms with Crippen LogP contribution in [0.2, 0.25) is 0 Å². The predicted molar refractivity (Wildman–Crippen MR) is 109 cm³/mol. The first-order valence-electron chi connectivity index (χ1n) is 8.86. The van der Waals surface area contributed by atoms with Gasteiger partial charge < -0.3 is 5.32 Å². The summed E-state index contributed by atoms with van der Waals surface area (Å²) < 4.78 is 0. The summed E-state index contributed by atoms with van der Waals surface area (Å²) in [6.45, 7) is 6.68. The Hall–Kier alpha value is -1.74. The molecule has 0 heterocycles. The van der Waals surface area contributed by atoms with E-state index in [4.69, 9.17) is 0 Å². The average Bonchev–Trinajstić information content (AvgIpc) is 2.62. The zero-order valence-corrected chi connectivity index (χ0v) is 15.8. The fraction of sp³-hybridized carbons (Fsp3) is 0.381. The Morgan fingerprint density at radius 3 is 2.58 bits per heavy atom. The molecule has 0 aliphatic rings. The summed E-state index contributed by atoms with van der Waals surface area (Å²) in [4.78, 5) is 5.95. The molecule has 3 heteroatoms. The molecule has 0 radical (unpaired) electrons. The van der Waals surface area contributed by atoms with Crippen LogP contribution in [0.1, 0.15) is 45.6 Å². The first kappa shape index (κ1) is 18.6. The molecule has 0 aliphatic heterocycles. The van der Waals surface area contributed by atoms with Gasteiger partial charge in [-0.3, -0.25) is 4.99 Å². The van der Waals surface area contributed by atoms with E-state index in [-0.39, 0.29) is 0 Å². The Morgan fingerprint density at radius 1 is 1.08 bits per heavy atom. The fourth-order valence-corrected chi connectivity index (χ4v) is 3.41. The number of nitrogens with one attached hydrogen (secondary N) is 1. The van der Waals surface area contributed by atoms with Crippen molar-refractivity contribution in [2.75, 3.05) is 11.1 Å². The summed E-state index contributed by atoms with van der Waals surface area (Å²) in [5.74, 6) is 1.16. The smallest absolute Gasteiger partial charge is 0.0629 e. The predicted octanol–water partition coefficient (Wildman–Crippen LogP) is 6.54. The van der Waals surface area contributed by atoms with Crippen LogP contribution in [0, 0.1) is 0 Å². The molecule has 2 rings (SSSR count). The number of nitrogens with zero attached hydrogens (tertiary/aromatic N) is 1. The van der Waals surface area contributed by atoms with Crippen molar-refractivity contribution in [3.05, 3.63) is 54.1 Å². The lowest BCUT2D eigenvalue weighted by Gasteiger charge is -2.19. The zero-order chi connectivity index (χ0) is 17.2. The first-order chi connectivity index (χ1) is 11.7. The number of benzene rings is 2. The van der Waals surface area contributed by atoms with Crippen LogP contribution in [0.25, 0.3) is 0 Å². The monoisotopic (exact) mass is 340 g/mol. The molecule has 128 valence electrons. The van der Waals surface area contributed by atoms with Gasteiger partial charge in [0.15, 0.2) is 0 Å². The van der Waals surface area contributed by atoms with Crippen molar-refractivity contribution in [3.63, 3.8) is 0 Å². The van der Waals surface area contributed by atoms with Crippen molar-refractivity contribution < 1.29 is 0 Å². The van der Waals surface area contributed by atoms with Gasteiger partial charge in [0.25, 0.3) is 0 Å². The number of unbranched alkanes of at least 4 members (excludes halogenated alkanes) is 1. The molecule has 1 atom stereocenters. The third-order valence-corrected chi connectivity index (χ3v) is 5.07. The van der Waals surface area contributed by atoms with Gasteiger partial charge in [0.2, 0.25) is 0 Å². The van der Waals surface area contributed by atoms with Crippen LogP contribution in [-0.4, -0.2) is 18.0 Å². The SMILES string of the molecule is CCCCSc1cccc(C=Nc2ccccc2)c1NC(C)CC. The van der Waals surface area contributed by atoms with Gasteiger partial charge in [-0.2, -0.15) is 0 Å². The molecule has 1 unspecified atom stereocenters. The van der Waals surface area contributed by atoms with E-state index in [1.54, 1.807) is 0 Å². The molecule has 0 saturated heterocycles. The van der Waals surface area contributed by atoms with Crippen LogP contribution in [0.5, 0.6) is 0 Å². The van der Waals surface area contributed by atoms with Crippen molar-refractivity contribution in [1.29, 1.82) is 0 Å². The summed E-state index contributed by atoms with van der Waals surface area (Å²) >= 11 is 1.94. The van der Waals surface area contributed by atoms with Crippen molar-refractivity contribution in [2.45, 2.75) is 51.0 Å². The number of hydrogen-bond donors (Lipinski definition) is 1.